The van der Waals surface area contributed by atoms with Gasteiger partial charge in [-0.2, -0.15) is 4.98 Å². The molecule has 110 valence electrons. The summed E-state index contributed by atoms with van der Waals surface area (Å²) in [6.07, 6.45) is 3.87. The van der Waals surface area contributed by atoms with E-state index in [1.54, 1.807) is 0 Å². The summed E-state index contributed by atoms with van der Waals surface area (Å²) in [5.74, 6) is 1.46. The van der Waals surface area contributed by atoms with E-state index < -0.39 is 5.54 Å². The molecule has 1 aromatic carbocycles. The van der Waals surface area contributed by atoms with Crippen LogP contribution in [0.5, 0.6) is 0 Å². The SMILES string of the molecule is CC(N)(c1ccccc1)c1nc(C2CC3CCC2O3)no1. The van der Waals surface area contributed by atoms with Crippen molar-refractivity contribution in [3.8, 4) is 0 Å². The monoisotopic (exact) mass is 285 g/mol. The molecule has 2 aliphatic rings. The molecule has 2 saturated heterocycles. The Balaban J connectivity index is 1.62. The topological polar surface area (TPSA) is 74.2 Å². The normalized spacial score (nSPS) is 30.5. The third kappa shape index (κ3) is 2.08. The number of hydrogen-bond donors (Lipinski definition) is 1. The largest absolute Gasteiger partial charge is 0.374 e. The second-order valence-electron chi connectivity index (χ2n) is 6.24. The van der Waals surface area contributed by atoms with Crippen LogP contribution in [0, 0.1) is 0 Å². The summed E-state index contributed by atoms with van der Waals surface area (Å²) in [5.41, 5.74) is 6.61. The van der Waals surface area contributed by atoms with Gasteiger partial charge in [0.1, 0.15) is 5.54 Å². The van der Waals surface area contributed by atoms with E-state index in [0.717, 1.165) is 30.7 Å². The van der Waals surface area contributed by atoms with Crippen LogP contribution in [0.4, 0.5) is 0 Å². The summed E-state index contributed by atoms with van der Waals surface area (Å²) in [5, 5.41) is 4.16. The minimum Gasteiger partial charge on any atom is -0.374 e. The van der Waals surface area contributed by atoms with E-state index in [2.05, 4.69) is 10.1 Å². The molecule has 0 saturated carbocycles. The first kappa shape index (κ1) is 13.0. The van der Waals surface area contributed by atoms with E-state index in [1.165, 1.54) is 0 Å². The van der Waals surface area contributed by atoms with Gasteiger partial charge in [0, 0.05) is 0 Å². The van der Waals surface area contributed by atoms with Gasteiger partial charge < -0.3 is 15.0 Å². The van der Waals surface area contributed by atoms with Crippen LogP contribution in [-0.4, -0.2) is 22.3 Å². The van der Waals surface area contributed by atoms with Crippen LogP contribution in [-0.2, 0) is 10.3 Å². The fourth-order valence-electron chi connectivity index (χ4n) is 3.41. The molecule has 4 rings (SSSR count). The quantitative estimate of drug-likeness (QED) is 0.936. The van der Waals surface area contributed by atoms with E-state index in [4.69, 9.17) is 15.0 Å². The van der Waals surface area contributed by atoms with Crippen molar-refractivity contribution in [1.82, 2.24) is 10.1 Å². The molecule has 1 aromatic heterocycles. The van der Waals surface area contributed by atoms with Gasteiger partial charge in [-0.05, 0) is 31.7 Å². The zero-order valence-corrected chi connectivity index (χ0v) is 12.0. The van der Waals surface area contributed by atoms with Gasteiger partial charge in [0.15, 0.2) is 5.82 Å². The van der Waals surface area contributed by atoms with Gasteiger partial charge in [-0.1, -0.05) is 35.5 Å². The predicted octanol–water partition coefficient (Wildman–Crippen LogP) is 2.33. The molecular weight excluding hydrogens is 266 g/mol. The second-order valence-corrected chi connectivity index (χ2v) is 6.24. The second kappa shape index (κ2) is 4.64. The molecule has 2 bridgehead atoms. The Bertz CT molecular complexity index is 638. The number of nitrogens with zero attached hydrogens (tertiary/aromatic N) is 2. The lowest BCUT2D eigenvalue weighted by molar-refractivity contribution is 0.0996. The number of aromatic nitrogens is 2. The fraction of sp³-hybridized carbons (Fsp3) is 0.500. The zero-order valence-electron chi connectivity index (χ0n) is 12.0. The molecule has 4 atom stereocenters. The van der Waals surface area contributed by atoms with Crippen molar-refractivity contribution in [1.29, 1.82) is 0 Å². The maximum absolute atomic E-state index is 6.42. The Morgan fingerprint density at radius 1 is 1.24 bits per heavy atom. The Morgan fingerprint density at radius 2 is 2.05 bits per heavy atom. The maximum Gasteiger partial charge on any atom is 0.251 e. The van der Waals surface area contributed by atoms with Crippen molar-refractivity contribution >= 4 is 0 Å². The van der Waals surface area contributed by atoms with Crippen LogP contribution in [0.3, 0.4) is 0 Å². The summed E-state index contributed by atoms with van der Waals surface area (Å²) < 4.78 is 11.3. The molecule has 5 heteroatoms. The van der Waals surface area contributed by atoms with Gasteiger partial charge in [0.25, 0.3) is 5.89 Å². The van der Waals surface area contributed by atoms with Crippen molar-refractivity contribution in [2.75, 3.05) is 0 Å². The van der Waals surface area contributed by atoms with Crippen molar-refractivity contribution < 1.29 is 9.26 Å². The first-order valence-corrected chi connectivity index (χ1v) is 7.48. The highest BCUT2D eigenvalue weighted by atomic mass is 16.5. The number of benzene rings is 1. The third-order valence-electron chi connectivity index (χ3n) is 4.70. The van der Waals surface area contributed by atoms with Crippen LogP contribution in [0.15, 0.2) is 34.9 Å². The lowest BCUT2D eigenvalue weighted by Gasteiger charge is -2.20. The Kier molecular flexibility index (Phi) is 2.87. The molecule has 0 radical (unpaired) electrons. The number of rotatable bonds is 3. The zero-order chi connectivity index (χ0) is 14.4. The van der Waals surface area contributed by atoms with E-state index in [1.807, 2.05) is 37.3 Å². The summed E-state index contributed by atoms with van der Waals surface area (Å²) in [6.45, 7) is 1.90. The molecule has 0 spiro atoms. The molecular formula is C16H19N3O2. The van der Waals surface area contributed by atoms with Gasteiger partial charge in [0.05, 0.1) is 18.1 Å². The lowest BCUT2D eigenvalue weighted by Crippen LogP contribution is -2.34. The van der Waals surface area contributed by atoms with E-state index in [0.29, 0.717) is 12.0 Å². The molecule has 2 fully saturated rings. The smallest absolute Gasteiger partial charge is 0.251 e. The minimum absolute atomic E-state index is 0.251. The summed E-state index contributed by atoms with van der Waals surface area (Å²) in [7, 11) is 0. The Labute approximate surface area is 123 Å². The molecule has 2 aromatic rings. The van der Waals surface area contributed by atoms with Gasteiger partial charge in [-0.3, -0.25) is 0 Å². The molecule has 21 heavy (non-hydrogen) atoms. The van der Waals surface area contributed by atoms with Crippen LogP contribution in [0.1, 0.15) is 49.4 Å². The van der Waals surface area contributed by atoms with E-state index >= 15 is 0 Å². The summed E-state index contributed by atoms with van der Waals surface area (Å²) >= 11 is 0. The Morgan fingerprint density at radius 3 is 2.71 bits per heavy atom. The molecule has 0 amide bonds. The van der Waals surface area contributed by atoms with Crippen molar-refractivity contribution in [3.05, 3.63) is 47.6 Å². The first-order valence-electron chi connectivity index (χ1n) is 7.48. The molecule has 4 unspecified atom stereocenters. The Hall–Kier alpha value is -1.72. The highest BCUT2D eigenvalue weighted by molar-refractivity contribution is 5.29. The van der Waals surface area contributed by atoms with Crippen LogP contribution >= 0.6 is 0 Å². The van der Waals surface area contributed by atoms with Gasteiger partial charge >= 0.3 is 0 Å². The average molecular weight is 285 g/mol. The first-order chi connectivity index (χ1) is 10.1. The number of ether oxygens (including phenoxy) is 1. The van der Waals surface area contributed by atoms with Gasteiger partial charge in [-0.15, -0.1) is 0 Å². The number of fused-ring (bicyclic) bond motifs is 2. The minimum atomic E-state index is -0.773. The third-order valence-corrected chi connectivity index (χ3v) is 4.70. The molecule has 2 N–H and O–H groups in total. The molecule has 2 aliphatic heterocycles. The van der Waals surface area contributed by atoms with Crippen LogP contribution < -0.4 is 5.73 Å². The van der Waals surface area contributed by atoms with Gasteiger partial charge in [0.2, 0.25) is 0 Å². The van der Waals surface area contributed by atoms with Crippen LogP contribution in [0.25, 0.3) is 0 Å². The average Bonchev–Trinajstić information content (AvgIpc) is 3.24. The fourth-order valence-corrected chi connectivity index (χ4v) is 3.41. The predicted molar refractivity (Wildman–Crippen MR) is 76.6 cm³/mol. The number of hydrogen-bond acceptors (Lipinski definition) is 5. The van der Waals surface area contributed by atoms with Crippen LogP contribution in [0.2, 0.25) is 0 Å². The van der Waals surface area contributed by atoms with E-state index in [-0.39, 0.29) is 12.0 Å². The van der Waals surface area contributed by atoms with Crippen molar-refractivity contribution in [3.63, 3.8) is 0 Å². The lowest BCUT2D eigenvalue weighted by atomic mass is 9.88. The molecule has 3 heterocycles. The number of nitrogens with two attached hydrogens (primary N) is 1. The molecule has 5 nitrogen and oxygen atoms in total. The molecule has 0 aliphatic carbocycles. The summed E-state index contributed by atoms with van der Waals surface area (Å²) in [4.78, 5) is 4.58. The van der Waals surface area contributed by atoms with Gasteiger partial charge in [-0.25, -0.2) is 0 Å². The van der Waals surface area contributed by atoms with Crippen molar-refractivity contribution in [2.45, 2.75) is 49.9 Å². The van der Waals surface area contributed by atoms with Crippen molar-refractivity contribution in [2.24, 2.45) is 5.73 Å². The highest BCUT2D eigenvalue weighted by Gasteiger charge is 2.44. The maximum atomic E-state index is 6.42. The standard InChI is InChI=1S/C16H19N3O2/c1-16(17,10-5-3-2-4-6-10)15-18-14(19-21-15)12-9-11-7-8-13(12)20-11/h2-6,11-13H,7-9,17H2,1H3. The highest BCUT2D eigenvalue weighted by Crippen LogP contribution is 2.43. The van der Waals surface area contributed by atoms with E-state index in [9.17, 15) is 0 Å². The summed E-state index contributed by atoms with van der Waals surface area (Å²) in [6, 6.07) is 9.84.